The number of benzene rings is 3. The van der Waals surface area contributed by atoms with Gasteiger partial charge < -0.3 is 26.0 Å². The van der Waals surface area contributed by atoms with Crippen LogP contribution in [0.3, 0.4) is 0 Å². The van der Waals surface area contributed by atoms with Crippen molar-refractivity contribution in [3.8, 4) is 11.5 Å². The van der Waals surface area contributed by atoms with Gasteiger partial charge in [-0.1, -0.05) is 13.8 Å². The molecule has 0 spiro atoms. The Hall–Kier alpha value is -3.14. The summed E-state index contributed by atoms with van der Waals surface area (Å²) in [5.41, 5.74) is 6.51. The van der Waals surface area contributed by atoms with Crippen LogP contribution in [0.2, 0.25) is 0 Å². The van der Waals surface area contributed by atoms with Crippen LogP contribution < -0.4 is 16.5 Å². The molecule has 0 amide bonds. The lowest BCUT2D eigenvalue weighted by atomic mass is 9.99. The average molecular weight is 440 g/mol. The van der Waals surface area contributed by atoms with Crippen molar-refractivity contribution in [2.75, 3.05) is 32.7 Å². The number of nitrogens with one attached hydrogen (secondary N) is 1. The van der Waals surface area contributed by atoms with E-state index in [4.69, 9.17) is 5.73 Å². The normalized spacial score (nSPS) is 13.8. The minimum Gasteiger partial charge on any atom is -0.507 e. The average Bonchev–Trinajstić information content (AvgIpc) is 3.14. The summed E-state index contributed by atoms with van der Waals surface area (Å²) >= 11 is 0. The highest BCUT2D eigenvalue weighted by Crippen LogP contribution is 2.41. The number of aromatic amines is 1. The van der Waals surface area contributed by atoms with Crippen molar-refractivity contribution in [1.29, 1.82) is 0 Å². The summed E-state index contributed by atoms with van der Waals surface area (Å²) in [5.74, 6) is -0.383. The van der Waals surface area contributed by atoms with Gasteiger partial charge in [0, 0.05) is 18.5 Å². The number of phenols is 2. The fraction of sp³-hybridized carbons (Fsp3) is 0.391. The Kier molecular flexibility index (Phi) is 6.05. The van der Waals surface area contributed by atoms with Crippen molar-refractivity contribution in [3.63, 3.8) is 0 Å². The lowest BCUT2D eigenvalue weighted by Gasteiger charge is -2.22. The Labute approximate surface area is 184 Å². The highest BCUT2D eigenvalue weighted by Gasteiger charge is 2.23. The molecule has 3 aromatic carbocycles. The molecule has 0 saturated carbocycles. The van der Waals surface area contributed by atoms with E-state index in [1.807, 2.05) is 19.9 Å². The molecule has 0 aliphatic heterocycles. The van der Waals surface area contributed by atoms with E-state index in [2.05, 4.69) is 15.0 Å². The number of likely N-dealkylation sites (N-methyl/N-ethyl adjacent to an activating group) is 1. The second-order valence-corrected chi connectivity index (χ2v) is 7.94. The zero-order valence-corrected chi connectivity index (χ0v) is 18.3. The van der Waals surface area contributed by atoms with E-state index < -0.39 is 6.10 Å². The highest BCUT2D eigenvalue weighted by molar-refractivity contribution is 6.23. The third-order valence-electron chi connectivity index (χ3n) is 5.99. The Morgan fingerprint density at radius 3 is 2.53 bits per heavy atom. The number of rotatable bonds is 8. The molecule has 0 aliphatic carbocycles. The molecular formula is C23H29N5O4. The number of aromatic nitrogens is 2. The van der Waals surface area contributed by atoms with Crippen molar-refractivity contribution in [3.05, 3.63) is 39.8 Å². The van der Waals surface area contributed by atoms with Gasteiger partial charge in [0.1, 0.15) is 11.5 Å². The summed E-state index contributed by atoms with van der Waals surface area (Å²) in [6, 6.07) is 6.19. The van der Waals surface area contributed by atoms with Gasteiger partial charge in [0.15, 0.2) is 5.43 Å². The SMILES string of the molecule is CCN(CC)CC(O)Cn1[nH]c2c3c(=O)ccc(O)c3c(O)c3c(=NCCN)ccc1c32. The molecule has 1 unspecified atom stereocenters. The molecule has 0 aliphatic rings. The molecule has 6 N–H and O–H groups in total. The number of aromatic hydroxyl groups is 2. The Balaban J connectivity index is 2.03. The van der Waals surface area contributed by atoms with Gasteiger partial charge in [0.05, 0.1) is 51.7 Å². The smallest absolute Gasteiger partial charge is 0.189 e. The first-order valence-corrected chi connectivity index (χ1v) is 10.9. The predicted octanol–water partition coefficient (Wildman–Crippen LogP) is 1.05. The zero-order chi connectivity index (χ0) is 23.0. The standard InChI is InChI=1S/C23H29N5O4/c1-3-27(4-2)11-13(29)12-28-15-6-5-14(25-10-9-24)18-19(15)22(26-28)20-16(30)7-8-17(31)21(20)23(18)32/h5-8,13,26,29,31-32H,3-4,9-12,24H2,1-2H3. The van der Waals surface area contributed by atoms with Crippen LogP contribution in [0, 0.1) is 0 Å². The third-order valence-corrected chi connectivity index (χ3v) is 5.99. The summed E-state index contributed by atoms with van der Waals surface area (Å²) in [7, 11) is 0. The first kappa shape index (κ1) is 22.1. The first-order valence-electron chi connectivity index (χ1n) is 10.9. The molecule has 4 rings (SSSR count). The number of aliphatic hydroxyl groups excluding tert-OH is 1. The largest absolute Gasteiger partial charge is 0.507 e. The quantitative estimate of drug-likeness (QED) is 0.260. The molecule has 1 atom stereocenters. The molecule has 4 aromatic rings. The molecule has 0 bridgehead atoms. The van der Waals surface area contributed by atoms with E-state index in [0.29, 0.717) is 41.3 Å². The maximum absolute atomic E-state index is 12.8. The maximum Gasteiger partial charge on any atom is 0.189 e. The summed E-state index contributed by atoms with van der Waals surface area (Å²) < 4.78 is 1.78. The minimum atomic E-state index is -0.645. The second kappa shape index (κ2) is 8.78. The van der Waals surface area contributed by atoms with E-state index >= 15 is 0 Å². The van der Waals surface area contributed by atoms with Gasteiger partial charge in [-0.05, 0) is 37.4 Å². The van der Waals surface area contributed by atoms with Crippen molar-refractivity contribution in [2.45, 2.75) is 26.5 Å². The summed E-state index contributed by atoms with van der Waals surface area (Å²) in [5, 5.41) is 37.4. The van der Waals surface area contributed by atoms with Gasteiger partial charge in [-0.15, -0.1) is 0 Å². The first-order chi connectivity index (χ1) is 15.4. The van der Waals surface area contributed by atoms with Gasteiger partial charge in [-0.25, -0.2) is 0 Å². The molecule has 170 valence electrons. The van der Waals surface area contributed by atoms with E-state index in [1.54, 1.807) is 10.7 Å². The van der Waals surface area contributed by atoms with E-state index in [9.17, 15) is 20.1 Å². The van der Waals surface area contributed by atoms with Gasteiger partial charge in [-0.3, -0.25) is 19.6 Å². The van der Waals surface area contributed by atoms with Crippen LogP contribution in [-0.4, -0.2) is 68.8 Å². The van der Waals surface area contributed by atoms with Crippen molar-refractivity contribution in [1.82, 2.24) is 14.7 Å². The van der Waals surface area contributed by atoms with Crippen LogP contribution in [0.1, 0.15) is 13.8 Å². The number of phenolic OH excluding ortho intramolecular Hbond substituents is 2. The van der Waals surface area contributed by atoms with Gasteiger partial charge in [0.25, 0.3) is 0 Å². The monoisotopic (exact) mass is 439 g/mol. The minimum absolute atomic E-state index is 0.0828. The topological polar surface area (TPSA) is 140 Å². The van der Waals surface area contributed by atoms with Crippen LogP contribution in [-0.2, 0) is 6.54 Å². The lowest BCUT2D eigenvalue weighted by molar-refractivity contribution is 0.101. The van der Waals surface area contributed by atoms with Crippen molar-refractivity contribution >= 4 is 32.6 Å². The summed E-state index contributed by atoms with van der Waals surface area (Å²) in [4.78, 5) is 19.4. The predicted molar refractivity (Wildman–Crippen MR) is 125 cm³/mol. The van der Waals surface area contributed by atoms with Crippen LogP contribution in [0.15, 0.2) is 34.1 Å². The van der Waals surface area contributed by atoms with E-state index in [0.717, 1.165) is 18.6 Å². The molecule has 0 saturated heterocycles. The van der Waals surface area contributed by atoms with Crippen LogP contribution in [0.5, 0.6) is 11.5 Å². The molecule has 9 heteroatoms. The lowest BCUT2D eigenvalue weighted by Crippen LogP contribution is -2.34. The number of aliphatic hydroxyl groups is 1. The molecule has 0 fully saturated rings. The van der Waals surface area contributed by atoms with Crippen molar-refractivity contribution < 1.29 is 15.3 Å². The van der Waals surface area contributed by atoms with Crippen LogP contribution in [0.25, 0.3) is 32.6 Å². The van der Waals surface area contributed by atoms with Crippen molar-refractivity contribution in [2.24, 2.45) is 10.7 Å². The van der Waals surface area contributed by atoms with Gasteiger partial charge in [-0.2, -0.15) is 0 Å². The molecule has 32 heavy (non-hydrogen) atoms. The number of fused-ring (bicyclic) bond motifs is 2. The Morgan fingerprint density at radius 2 is 1.84 bits per heavy atom. The number of hydrogen-bond donors (Lipinski definition) is 5. The Morgan fingerprint density at radius 1 is 1.09 bits per heavy atom. The van der Waals surface area contributed by atoms with Gasteiger partial charge in [0.2, 0.25) is 0 Å². The van der Waals surface area contributed by atoms with E-state index in [-0.39, 0.29) is 34.2 Å². The molecule has 0 radical (unpaired) electrons. The molecule has 9 nitrogen and oxygen atoms in total. The highest BCUT2D eigenvalue weighted by atomic mass is 16.3. The third kappa shape index (κ3) is 3.58. The summed E-state index contributed by atoms with van der Waals surface area (Å²) in [6.45, 7) is 7.26. The molecular weight excluding hydrogens is 410 g/mol. The van der Waals surface area contributed by atoms with Crippen LogP contribution in [0.4, 0.5) is 0 Å². The fourth-order valence-electron chi connectivity index (χ4n) is 4.42. The zero-order valence-electron chi connectivity index (χ0n) is 18.3. The van der Waals surface area contributed by atoms with Gasteiger partial charge >= 0.3 is 0 Å². The Bertz CT molecular complexity index is 1390. The maximum atomic E-state index is 12.8. The number of nitrogens with two attached hydrogens (primary N) is 1. The molecule has 1 heterocycles. The van der Waals surface area contributed by atoms with E-state index in [1.165, 1.54) is 12.1 Å². The number of hydrogen-bond acceptors (Lipinski definition) is 7. The van der Waals surface area contributed by atoms with Crippen LogP contribution >= 0.6 is 0 Å². The number of nitrogens with zero attached hydrogens (tertiary/aromatic N) is 3. The fourth-order valence-corrected chi connectivity index (χ4v) is 4.42. The summed E-state index contributed by atoms with van der Waals surface area (Å²) in [6.07, 6.45) is -0.645. The molecule has 1 aromatic heterocycles. The second-order valence-electron chi connectivity index (χ2n) is 7.94. The number of H-pyrrole nitrogens is 1.